The minimum atomic E-state index is -0.525. The van der Waals surface area contributed by atoms with E-state index in [4.69, 9.17) is 10.00 Å². The Kier molecular flexibility index (Phi) is 4.00. The molecular formula is C18H13N3O3. The Labute approximate surface area is 138 Å². The number of carbonyl (C=O) groups is 2. The number of para-hydroxylation sites is 1. The lowest BCUT2D eigenvalue weighted by Crippen LogP contribution is -2.24. The number of rotatable bonds is 4. The number of imide groups is 1. The summed E-state index contributed by atoms with van der Waals surface area (Å²) in [6.07, 6.45) is 0. The van der Waals surface area contributed by atoms with E-state index in [1.54, 1.807) is 48.5 Å². The van der Waals surface area contributed by atoms with Crippen LogP contribution in [0.5, 0.6) is 5.75 Å². The predicted octanol–water partition coefficient (Wildman–Crippen LogP) is 2.05. The first-order valence-electron chi connectivity index (χ1n) is 7.14. The number of methoxy groups -OCH3 is 1. The second-order valence-corrected chi connectivity index (χ2v) is 5.05. The lowest BCUT2D eigenvalue weighted by Gasteiger charge is -2.11. The number of ether oxygens (including phenoxy) is 1. The summed E-state index contributed by atoms with van der Waals surface area (Å²) < 4.78 is 5.28. The Morgan fingerprint density at radius 1 is 1.08 bits per heavy atom. The maximum Gasteiger partial charge on any atom is 0.275 e. The molecule has 0 saturated carbocycles. The van der Waals surface area contributed by atoms with E-state index in [1.165, 1.54) is 7.11 Å². The number of anilines is 1. The number of nitrogens with zero attached hydrogens (tertiary/aromatic N) is 1. The van der Waals surface area contributed by atoms with Crippen LogP contribution in [0.25, 0.3) is 5.57 Å². The highest BCUT2D eigenvalue weighted by Gasteiger charge is 2.33. The average Bonchev–Trinajstić information content (AvgIpc) is 2.88. The summed E-state index contributed by atoms with van der Waals surface area (Å²) >= 11 is 0. The summed E-state index contributed by atoms with van der Waals surface area (Å²) in [5.74, 6) is -0.533. The molecule has 0 aliphatic carbocycles. The van der Waals surface area contributed by atoms with Gasteiger partial charge < -0.3 is 10.1 Å². The van der Waals surface area contributed by atoms with E-state index in [-0.39, 0.29) is 11.3 Å². The number of nitrogens with one attached hydrogen (secondary N) is 2. The molecule has 1 heterocycles. The third-order valence-electron chi connectivity index (χ3n) is 3.57. The van der Waals surface area contributed by atoms with Crippen molar-refractivity contribution in [2.24, 2.45) is 0 Å². The Hall–Kier alpha value is -3.59. The van der Waals surface area contributed by atoms with Crippen LogP contribution in [-0.4, -0.2) is 18.9 Å². The van der Waals surface area contributed by atoms with E-state index in [9.17, 15) is 9.59 Å². The van der Waals surface area contributed by atoms with Crippen molar-refractivity contribution in [3.05, 3.63) is 65.4 Å². The van der Waals surface area contributed by atoms with Gasteiger partial charge in [-0.15, -0.1) is 0 Å². The summed E-state index contributed by atoms with van der Waals surface area (Å²) in [6, 6.07) is 15.6. The van der Waals surface area contributed by atoms with Crippen molar-refractivity contribution in [3.8, 4) is 11.8 Å². The summed E-state index contributed by atoms with van der Waals surface area (Å²) in [5.41, 5.74) is 1.84. The maximum atomic E-state index is 12.2. The van der Waals surface area contributed by atoms with E-state index in [2.05, 4.69) is 10.6 Å². The normalized spacial score (nSPS) is 13.5. The van der Waals surface area contributed by atoms with Crippen LogP contribution >= 0.6 is 0 Å². The first-order valence-corrected chi connectivity index (χ1v) is 7.14. The number of benzene rings is 2. The highest BCUT2D eigenvalue weighted by Crippen LogP contribution is 2.31. The second-order valence-electron chi connectivity index (χ2n) is 5.05. The van der Waals surface area contributed by atoms with Crippen molar-refractivity contribution >= 4 is 23.1 Å². The monoisotopic (exact) mass is 319 g/mol. The molecule has 118 valence electrons. The van der Waals surface area contributed by atoms with Gasteiger partial charge in [-0.1, -0.05) is 24.3 Å². The van der Waals surface area contributed by atoms with Crippen LogP contribution in [0.2, 0.25) is 0 Å². The average molecular weight is 319 g/mol. The highest BCUT2D eigenvalue weighted by molar-refractivity contribution is 6.37. The quantitative estimate of drug-likeness (QED) is 0.842. The number of nitriles is 1. The highest BCUT2D eigenvalue weighted by atomic mass is 16.5. The molecule has 2 amide bonds. The van der Waals surface area contributed by atoms with Crippen molar-refractivity contribution in [2.45, 2.75) is 0 Å². The van der Waals surface area contributed by atoms with Crippen LogP contribution < -0.4 is 15.4 Å². The molecule has 0 spiro atoms. The van der Waals surface area contributed by atoms with Gasteiger partial charge in [-0.25, -0.2) is 0 Å². The van der Waals surface area contributed by atoms with Gasteiger partial charge in [0.1, 0.15) is 11.4 Å². The van der Waals surface area contributed by atoms with E-state index in [0.717, 1.165) is 0 Å². The van der Waals surface area contributed by atoms with Gasteiger partial charge in [0.15, 0.2) is 0 Å². The van der Waals surface area contributed by atoms with Crippen LogP contribution in [0.3, 0.4) is 0 Å². The molecule has 2 aromatic carbocycles. The maximum absolute atomic E-state index is 12.2. The lowest BCUT2D eigenvalue weighted by molar-refractivity contribution is -0.123. The fourth-order valence-corrected chi connectivity index (χ4v) is 2.49. The van der Waals surface area contributed by atoms with Crippen LogP contribution in [0.1, 0.15) is 11.1 Å². The molecule has 0 fully saturated rings. The van der Waals surface area contributed by atoms with E-state index < -0.39 is 11.8 Å². The molecule has 2 N–H and O–H groups in total. The molecular weight excluding hydrogens is 306 g/mol. The summed E-state index contributed by atoms with van der Waals surface area (Å²) in [4.78, 5) is 24.4. The number of carbonyl (C=O) groups excluding carboxylic acids is 2. The zero-order valence-electron chi connectivity index (χ0n) is 12.8. The van der Waals surface area contributed by atoms with Gasteiger partial charge in [0.25, 0.3) is 11.8 Å². The fourth-order valence-electron chi connectivity index (χ4n) is 2.49. The molecule has 0 bridgehead atoms. The topological polar surface area (TPSA) is 91.2 Å². The third kappa shape index (κ3) is 2.71. The number of hydrogen-bond donors (Lipinski definition) is 2. The number of hydrogen-bond acceptors (Lipinski definition) is 5. The predicted molar refractivity (Wildman–Crippen MR) is 87.8 cm³/mol. The minimum Gasteiger partial charge on any atom is -0.496 e. The van der Waals surface area contributed by atoms with Gasteiger partial charge in [-0.2, -0.15) is 5.26 Å². The minimum absolute atomic E-state index is 0.125. The molecule has 0 aromatic heterocycles. The molecule has 1 aliphatic rings. The van der Waals surface area contributed by atoms with Crippen LogP contribution in [0, 0.1) is 11.3 Å². The Morgan fingerprint density at radius 3 is 2.62 bits per heavy atom. The van der Waals surface area contributed by atoms with Gasteiger partial charge in [-0.3, -0.25) is 14.9 Å². The zero-order chi connectivity index (χ0) is 17.1. The van der Waals surface area contributed by atoms with Gasteiger partial charge in [0.2, 0.25) is 0 Å². The van der Waals surface area contributed by atoms with Crippen molar-refractivity contribution in [1.29, 1.82) is 5.26 Å². The van der Waals surface area contributed by atoms with E-state index >= 15 is 0 Å². The van der Waals surface area contributed by atoms with Gasteiger partial charge >= 0.3 is 0 Å². The van der Waals surface area contributed by atoms with Crippen LogP contribution in [0.4, 0.5) is 5.69 Å². The fraction of sp³-hybridized carbons (Fsp3) is 0.0556. The second kappa shape index (κ2) is 6.26. The van der Waals surface area contributed by atoms with Gasteiger partial charge in [-0.05, 0) is 24.3 Å². The summed E-state index contributed by atoms with van der Waals surface area (Å²) in [7, 11) is 1.50. The van der Waals surface area contributed by atoms with Crippen molar-refractivity contribution < 1.29 is 14.3 Å². The summed E-state index contributed by atoms with van der Waals surface area (Å²) in [5, 5.41) is 14.2. The number of amides is 2. The van der Waals surface area contributed by atoms with Crippen molar-refractivity contribution in [2.75, 3.05) is 12.4 Å². The summed E-state index contributed by atoms with van der Waals surface area (Å²) in [6.45, 7) is 0. The van der Waals surface area contributed by atoms with Crippen LogP contribution in [0.15, 0.2) is 54.2 Å². The molecule has 0 radical (unpaired) electrons. The molecule has 2 aromatic rings. The molecule has 0 saturated heterocycles. The van der Waals surface area contributed by atoms with E-state index in [0.29, 0.717) is 22.6 Å². The standard InChI is InChI=1S/C18H13N3O3/c1-24-14-8-3-2-7-13(14)15-16(18(23)21-17(15)22)20-12-6-4-5-11(9-12)10-19/h2-9H,1H3,(H2,20,21,22,23). The molecule has 24 heavy (non-hydrogen) atoms. The molecule has 1 aliphatic heterocycles. The van der Waals surface area contributed by atoms with Crippen molar-refractivity contribution in [3.63, 3.8) is 0 Å². The largest absolute Gasteiger partial charge is 0.496 e. The first kappa shape index (κ1) is 15.3. The Morgan fingerprint density at radius 2 is 1.88 bits per heavy atom. The first-order chi connectivity index (χ1) is 11.6. The molecule has 6 heteroatoms. The Bertz CT molecular complexity index is 910. The smallest absolute Gasteiger partial charge is 0.275 e. The van der Waals surface area contributed by atoms with Gasteiger partial charge in [0.05, 0.1) is 24.3 Å². The SMILES string of the molecule is COc1ccccc1C1=C(Nc2cccc(C#N)c2)C(=O)NC1=O. The van der Waals surface area contributed by atoms with Gasteiger partial charge in [0, 0.05) is 11.3 Å². The lowest BCUT2D eigenvalue weighted by atomic mass is 10.0. The van der Waals surface area contributed by atoms with Crippen molar-refractivity contribution in [1.82, 2.24) is 5.32 Å². The molecule has 0 unspecified atom stereocenters. The molecule has 3 rings (SSSR count). The van der Waals surface area contributed by atoms with E-state index in [1.807, 2.05) is 6.07 Å². The third-order valence-corrected chi connectivity index (χ3v) is 3.57. The molecule has 0 atom stereocenters. The van der Waals surface area contributed by atoms with Crippen LogP contribution in [-0.2, 0) is 9.59 Å². The Balaban J connectivity index is 2.10. The zero-order valence-corrected chi connectivity index (χ0v) is 12.8. The molecule has 6 nitrogen and oxygen atoms in total.